The maximum atomic E-state index is 11.6. The third kappa shape index (κ3) is 4.75. The van der Waals surface area contributed by atoms with Crippen molar-refractivity contribution in [3.05, 3.63) is 35.9 Å². The van der Waals surface area contributed by atoms with Gasteiger partial charge in [0, 0.05) is 0 Å². The molecule has 1 rings (SSSR count). The molecule has 0 bridgehead atoms. The third-order valence-electron chi connectivity index (χ3n) is 3.04. The average molecular weight is 251 g/mol. The molecule has 100 valence electrons. The summed E-state index contributed by atoms with van der Waals surface area (Å²) in [6, 6.07) is 9.24. The van der Waals surface area contributed by atoms with Gasteiger partial charge in [-0.3, -0.25) is 0 Å². The summed E-state index contributed by atoms with van der Waals surface area (Å²) in [6.07, 6.45) is 0.405. The van der Waals surface area contributed by atoms with Gasteiger partial charge < -0.3 is 15.2 Å². The smallest absolute Gasteiger partial charge is 0.407 e. The Hall–Kier alpha value is -1.55. The number of ether oxygens (including phenoxy) is 1. The Bertz CT molecular complexity index is 353. The van der Waals surface area contributed by atoms with E-state index in [-0.39, 0.29) is 25.2 Å². The van der Waals surface area contributed by atoms with Crippen molar-refractivity contribution in [3.8, 4) is 0 Å². The van der Waals surface area contributed by atoms with E-state index in [4.69, 9.17) is 4.74 Å². The number of benzene rings is 1. The van der Waals surface area contributed by atoms with E-state index in [0.29, 0.717) is 0 Å². The zero-order chi connectivity index (χ0) is 13.4. The molecule has 2 N–H and O–H groups in total. The molecule has 2 atom stereocenters. The first-order chi connectivity index (χ1) is 8.67. The molecule has 0 heterocycles. The number of hydrogen-bond donors (Lipinski definition) is 2. The summed E-state index contributed by atoms with van der Waals surface area (Å²) < 4.78 is 5.09. The van der Waals surface area contributed by atoms with E-state index < -0.39 is 6.09 Å². The molecule has 0 spiro atoms. The van der Waals surface area contributed by atoms with Gasteiger partial charge in [0.05, 0.1) is 12.6 Å². The molecule has 1 amide bonds. The minimum Gasteiger partial charge on any atom is -0.445 e. The second kappa shape index (κ2) is 7.71. The molecule has 0 saturated carbocycles. The highest BCUT2D eigenvalue weighted by molar-refractivity contribution is 5.67. The monoisotopic (exact) mass is 251 g/mol. The Morgan fingerprint density at radius 1 is 1.39 bits per heavy atom. The first-order valence-electron chi connectivity index (χ1n) is 6.25. The predicted molar refractivity (Wildman–Crippen MR) is 70.1 cm³/mol. The highest BCUT2D eigenvalue weighted by Crippen LogP contribution is 2.07. The average Bonchev–Trinajstić information content (AvgIpc) is 2.42. The van der Waals surface area contributed by atoms with Gasteiger partial charge >= 0.3 is 6.09 Å². The van der Waals surface area contributed by atoms with Crippen LogP contribution in [0.3, 0.4) is 0 Å². The van der Waals surface area contributed by atoms with E-state index in [9.17, 15) is 9.90 Å². The highest BCUT2D eigenvalue weighted by Gasteiger charge is 2.17. The van der Waals surface area contributed by atoms with Gasteiger partial charge in [-0.2, -0.15) is 0 Å². The number of nitrogens with one attached hydrogen (secondary N) is 1. The van der Waals surface area contributed by atoms with Crippen LogP contribution in [0.25, 0.3) is 0 Å². The maximum Gasteiger partial charge on any atom is 0.407 e. The van der Waals surface area contributed by atoms with Crippen LogP contribution in [-0.4, -0.2) is 23.8 Å². The van der Waals surface area contributed by atoms with E-state index in [0.717, 1.165) is 12.0 Å². The van der Waals surface area contributed by atoms with Gasteiger partial charge in [0.25, 0.3) is 0 Å². The van der Waals surface area contributed by atoms with Crippen LogP contribution in [0.4, 0.5) is 4.79 Å². The fourth-order valence-corrected chi connectivity index (χ4v) is 1.57. The van der Waals surface area contributed by atoms with E-state index in [1.54, 1.807) is 0 Å². The second-order valence-electron chi connectivity index (χ2n) is 4.38. The van der Waals surface area contributed by atoms with Crippen molar-refractivity contribution in [2.75, 3.05) is 6.61 Å². The Kier molecular flexibility index (Phi) is 6.22. The molecule has 0 aliphatic heterocycles. The number of carbonyl (C=O) groups is 1. The zero-order valence-corrected chi connectivity index (χ0v) is 10.9. The molecule has 0 fully saturated rings. The van der Waals surface area contributed by atoms with E-state index in [1.807, 2.05) is 44.2 Å². The van der Waals surface area contributed by atoms with Gasteiger partial charge in [-0.25, -0.2) is 4.79 Å². The molecule has 1 aromatic carbocycles. The largest absolute Gasteiger partial charge is 0.445 e. The van der Waals surface area contributed by atoms with Crippen molar-refractivity contribution < 1.29 is 14.6 Å². The topological polar surface area (TPSA) is 58.6 Å². The summed E-state index contributed by atoms with van der Waals surface area (Å²) in [5, 5.41) is 11.9. The minimum atomic E-state index is -0.488. The minimum absolute atomic E-state index is 0.0740. The Morgan fingerprint density at radius 2 is 2.06 bits per heavy atom. The first kappa shape index (κ1) is 14.5. The SMILES string of the molecule is CCC(C)[C@@H](CO)NC(=O)OCc1ccccc1. The molecule has 4 heteroatoms. The number of aliphatic hydroxyl groups is 1. The molecule has 0 radical (unpaired) electrons. The van der Waals surface area contributed by atoms with Crippen molar-refractivity contribution in [2.24, 2.45) is 5.92 Å². The lowest BCUT2D eigenvalue weighted by molar-refractivity contribution is 0.121. The van der Waals surface area contributed by atoms with Crippen LogP contribution in [0.5, 0.6) is 0 Å². The summed E-state index contributed by atoms with van der Waals surface area (Å²) in [4.78, 5) is 11.6. The van der Waals surface area contributed by atoms with Crippen molar-refractivity contribution in [2.45, 2.75) is 32.9 Å². The van der Waals surface area contributed by atoms with Gasteiger partial charge in [-0.05, 0) is 11.5 Å². The summed E-state index contributed by atoms with van der Waals surface area (Å²) in [7, 11) is 0. The number of hydrogen-bond acceptors (Lipinski definition) is 3. The Balaban J connectivity index is 2.37. The van der Waals surface area contributed by atoms with Crippen LogP contribution in [0, 0.1) is 5.92 Å². The number of alkyl carbamates (subject to hydrolysis) is 1. The van der Waals surface area contributed by atoms with Crippen molar-refractivity contribution in [1.82, 2.24) is 5.32 Å². The number of rotatable bonds is 6. The molecule has 0 aromatic heterocycles. The summed E-state index contributed by atoms with van der Waals surface area (Å²) >= 11 is 0. The molecule has 0 aliphatic carbocycles. The first-order valence-corrected chi connectivity index (χ1v) is 6.25. The predicted octanol–water partition coefficient (Wildman–Crippen LogP) is 2.32. The van der Waals surface area contributed by atoms with Crippen LogP contribution in [0.2, 0.25) is 0 Å². The lowest BCUT2D eigenvalue weighted by Crippen LogP contribution is -2.42. The molecule has 1 unspecified atom stereocenters. The fraction of sp³-hybridized carbons (Fsp3) is 0.500. The molecule has 4 nitrogen and oxygen atoms in total. The third-order valence-corrected chi connectivity index (χ3v) is 3.04. The molecule has 18 heavy (non-hydrogen) atoms. The quantitative estimate of drug-likeness (QED) is 0.815. The summed E-state index contributed by atoms with van der Waals surface area (Å²) in [5.41, 5.74) is 0.941. The van der Waals surface area contributed by atoms with E-state index in [1.165, 1.54) is 0 Å². The van der Waals surface area contributed by atoms with Crippen molar-refractivity contribution >= 4 is 6.09 Å². The van der Waals surface area contributed by atoms with Gasteiger partial charge in [-0.15, -0.1) is 0 Å². The van der Waals surface area contributed by atoms with Gasteiger partial charge in [0.2, 0.25) is 0 Å². The summed E-state index contributed by atoms with van der Waals surface area (Å²) in [6.45, 7) is 4.17. The highest BCUT2D eigenvalue weighted by atomic mass is 16.5. The molecular formula is C14H21NO3. The van der Waals surface area contributed by atoms with Crippen LogP contribution in [0.15, 0.2) is 30.3 Å². The van der Waals surface area contributed by atoms with Crippen molar-refractivity contribution in [3.63, 3.8) is 0 Å². The van der Waals surface area contributed by atoms with Crippen LogP contribution < -0.4 is 5.32 Å². The fourth-order valence-electron chi connectivity index (χ4n) is 1.57. The van der Waals surface area contributed by atoms with Crippen LogP contribution >= 0.6 is 0 Å². The number of carbonyl (C=O) groups excluding carboxylic acids is 1. The molecule has 0 aliphatic rings. The summed E-state index contributed by atoms with van der Waals surface area (Å²) in [5.74, 6) is 0.222. The number of aliphatic hydroxyl groups excluding tert-OH is 1. The molecular weight excluding hydrogens is 230 g/mol. The normalized spacial score (nSPS) is 13.7. The maximum absolute atomic E-state index is 11.6. The number of amides is 1. The standard InChI is InChI=1S/C14H21NO3/c1-3-11(2)13(9-16)15-14(17)18-10-12-7-5-4-6-8-12/h4-8,11,13,16H,3,9-10H2,1-2H3,(H,15,17)/t11?,13-/m1/s1. The van der Waals surface area contributed by atoms with E-state index >= 15 is 0 Å². The lowest BCUT2D eigenvalue weighted by Gasteiger charge is -2.21. The van der Waals surface area contributed by atoms with Gasteiger partial charge in [0.15, 0.2) is 0 Å². The van der Waals surface area contributed by atoms with Crippen molar-refractivity contribution in [1.29, 1.82) is 0 Å². The van der Waals surface area contributed by atoms with Gasteiger partial charge in [-0.1, -0.05) is 50.6 Å². The molecule has 1 aromatic rings. The van der Waals surface area contributed by atoms with E-state index in [2.05, 4.69) is 5.32 Å². The lowest BCUT2D eigenvalue weighted by atomic mass is 10.0. The zero-order valence-electron chi connectivity index (χ0n) is 10.9. The van der Waals surface area contributed by atoms with Gasteiger partial charge in [0.1, 0.15) is 6.61 Å². The second-order valence-corrected chi connectivity index (χ2v) is 4.38. The Morgan fingerprint density at radius 3 is 2.61 bits per heavy atom. The van der Waals surface area contributed by atoms with Crippen LogP contribution in [0.1, 0.15) is 25.8 Å². The Labute approximate surface area is 108 Å². The van der Waals surface area contributed by atoms with Crippen LogP contribution in [-0.2, 0) is 11.3 Å². The molecule has 0 saturated heterocycles.